The molecule has 2 heteroatoms. The molecule has 0 saturated heterocycles. The zero-order valence-corrected chi connectivity index (χ0v) is 9.18. The van der Waals surface area contributed by atoms with Gasteiger partial charge in [-0.05, 0) is 16.8 Å². The highest BCUT2D eigenvalue weighted by molar-refractivity contribution is 5.93. The van der Waals surface area contributed by atoms with Gasteiger partial charge < -0.3 is 9.84 Å². The minimum Gasteiger partial charge on any atom is -0.496 e. The Morgan fingerprint density at radius 3 is 2.75 bits per heavy atom. The van der Waals surface area contributed by atoms with Gasteiger partial charge in [-0.25, -0.2) is 0 Å². The van der Waals surface area contributed by atoms with Crippen LogP contribution in [0.1, 0.15) is 5.56 Å². The summed E-state index contributed by atoms with van der Waals surface area (Å²) >= 11 is 0. The Bertz CT molecular complexity index is 515. The summed E-state index contributed by atoms with van der Waals surface area (Å²) in [5, 5.41) is 11.1. The molecule has 0 atom stereocenters. The molecule has 0 unspecified atom stereocenters. The number of rotatable bonds is 3. The Labute approximate surface area is 94.8 Å². The second-order valence-corrected chi connectivity index (χ2v) is 3.49. The van der Waals surface area contributed by atoms with Crippen molar-refractivity contribution in [1.82, 2.24) is 0 Å². The van der Waals surface area contributed by atoms with Gasteiger partial charge in [-0.2, -0.15) is 0 Å². The number of ether oxygens (including phenoxy) is 1. The van der Waals surface area contributed by atoms with E-state index in [-0.39, 0.29) is 6.61 Å². The predicted octanol–water partition coefficient (Wildman–Crippen LogP) is 2.85. The van der Waals surface area contributed by atoms with Crippen LogP contribution in [0.2, 0.25) is 0 Å². The Hall–Kier alpha value is -1.80. The monoisotopic (exact) mass is 214 g/mol. The molecule has 0 saturated carbocycles. The highest BCUT2D eigenvalue weighted by Crippen LogP contribution is 2.28. The average molecular weight is 214 g/mol. The van der Waals surface area contributed by atoms with Gasteiger partial charge in [0.1, 0.15) is 5.75 Å². The van der Waals surface area contributed by atoms with E-state index in [1.807, 2.05) is 30.3 Å². The molecule has 2 aromatic carbocycles. The van der Waals surface area contributed by atoms with Crippen LogP contribution in [-0.2, 0) is 0 Å². The quantitative estimate of drug-likeness (QED) is 0.851. The smallest absolute Gasteiger partial charge is 0.126 e. The van der Waals surface area contributed by atoms with Crippen LogP contribution in [0.5, 0.6) is 5.75 Å². The molecular formula is C14H14O2. The van der Waals surface area contributed by atoms with E-state index in [2.05, 4.69) is 12.1 Å². The zero-order valence-electron chi connectivity index (χ0n) is 9.18. The molecule has 0 radical (unpaired) electrons. The first-order chi connectivity index (χ1) is 7.86. The summed E-state index contributed by atoms with van der Waals surface area (Å²) < 4.78 is 5.32. The number of hydrogen-bond donors (Lipinski definition) is 1. The highest BCUT2D eigenvalue weighted by Gasteiger charge is 2.04. The molecule has 2 nitrogen and oxygen atoms in total. The van der Waals surface area contributed by atoms with Crippen molar-refractivity contribution in [3.63, 3.8) is 0 Å². The Morgan fingerprint density at radius 2 is 2.00 bits per heavy atom. The lowest BCUT2D eigenvalue weighted by molar-refractivity contribution is 0.343. The normalized spacial score (nSPS) is 11.1. The number of methoxy groups -OCH3 is 1. The molecule has 0 aliphatic rings. The van der Waals surface area contributed by atoms with Crippen LogP contribution in [0, 0.1) is 0 Å². The van der Waals surface area contributed by atoms with Gasteiger partial charge in [-0.3, -0.25) is 0 Å². The van der Waals surface area contributed by atoms with Crippen molar-refractivity contribution in [1.29, 1.82) is 0 Å². The van der Waals surface area contributed by atoms with Gasteiger partial charge in [0, 0.05) is 5.56 Å². The van der Waals surface area contributed by atoms with E-state index in [9.17, 15) is 0 Å². The molecule has 0 aliphatic heterocycles. The summed E-state index contributed by atoms with van der Waals surface area (Å²) in [5.74, 6) is 0.823. The van der Waals surface area contributed by atoms with Crippen LogP contribution >= 0.6 is 0 Å². The minimum absolute atomic E-state index is 0.0341. The maximum absolute atomic E-state index is 8.84. The highest BCUT2D eigenvalue weighted by atomic mass is 16.5. The fourth-order valence-electron chi connectivity index (χ4n) is 1.80. The first kappa shape index (κ1) is 10.7. The lowest BCUT2D eigenvalue weighted by Crippen LogP contribution is -1.88. The van der Waals surface area contributed by atoms with Crippen molar-refractivity contribution in [2.45, 2.75) is 0 Å². The van der Waals surface area contributed by atoms with Crippen LogP contribution < -0.4 is 4.74 Å². The molecule has 82 valence electrons. The van der Waals surface area contributed by atoms with Crippen molar-refractivity contribution < 1.29 is 9.84 Å². The van der Waals surface area contributed by atoms with Crippen LogP contribution in [0.15, 0.2) is 42.5 Å². The molecule has 0 heterocycles. The van der Waals surface area contributed by atoms with Crippen LogP contribution in [0.3, 0.4) is 0 Å². The molecule has 16 heavy (non-hydrogen) atoms. The van der Waals surface area contributed by atoms with Gasteiger partial charge in [-0.15, -0.1) is 0 Å². The van der Waals surface area contributed by atoms with Crippen molar-refractivity contribution >= 4 is 16.8 Å². The van der Waals surface area contributed by atoms with Crippen LogP contribution in [0.4, 0.5) is 0 Å². The number of benzene rings is 2. The van der Waals surface area contributed by atoms with E-state index in [1.54, 1.807) is 13.2 Å². The van der Waals surface area contributed by atoms with Gasteiger partial charge in [-0.1, -0.05) is 42.5 Å². The fraction of sp³-hybridized carbons (Fsp3) is 0.143. The van der Waals surface area contributed by atoms with Gasteiger partial charge in [0.15, 0.2) is 0 Å². The SMILES string of the molecule is COc1ccc2ccccc2c1/C=C/CO. The second-order valence-electron chi connectivity index (χ2n) is 3.49. The van der Waals surface area contributed by atoms with E-state index >= 15 is 0 Å². The first-order valence-corrected chi connectivity index (χ1v) is 5.20. The lowest BCUT2D eigenvalue weighted by atomic mass is 10.0. The largest absolute Gasteiger partial charge is 0.496 e. The number of aliphatic hydroxyl groups excluding tert-OH is 1. The number of fused-ring (bicyclic) bond motifs is 1. The van der Waals surface area contributed by atoms with Crippen LogP contribution in [0.25, 0.3) is 16.8 Å². The minimum atomic E-state index is 0.0341. The predicted molar refractivity (Wildman–Crippen MR) is 66.6 cm³/mol. The molecule has 0 aromatic heterocycles. The van der Waals surface area contributed by atoms with Gasteiger partial charge in [0.25, 0.3) is 0 Å². The summed E-state index contributed by atoms with van der Waals surface area (Å²) in [6.45, 7) is 0.0341. The van der Waals surface area contributed by atoms with Crippen molar-refractivity contribution in [3.05, 3.63) is 48.0 Å². The van der Waals surface area contributed by atoms with E-state index in [4.69, 9.17) is 9.84 Å². The summed E-state index contributed by atoms with van der Waals surface area (Å²) in [4.78, 5) is 0. The standard InChI is InChI=1S/C14H14O2/c1-16-14-9-8-11-5-2-3-6-12(11)13(14)7-4-10-15/h2-9,15H,10H2,1H3/b7-4+. The topological polar surface area (TPSA) is 29.5 Å². The van der Waals surface area contributed by atoms with E-state index in [1.165, 1.54) is 5.39 Å². The molecular weight excluding hydrogens is 200 g/mol. The van der Waals surface area contributed by atoms with Gasteiger partial charge in [0.2, 0.25) is 0 Å². The maximum Gasteiger partial charge on any atom is 0.126 e. The third kappa shape index (κ3) is 1.92. The van der Waals surface area contributed by atoms with Crippen molar-refractivity contribution in [2.24, 2.45) is 0 Å². The number of aliphatic hydroxyl groups is 1. The van der Waals surface area contributed by atoms with Gasteiger partial charge >= 0.3 is 0 Å². The molecule has 0 amide bonds. The maximum atomic E-state index is 8.84. The Balaban J connectivity index is 2.68. The summed E-state index contributed by atoms with van der Waals surface area (Å²) in [6, 6.07) is 12.1. The molecule has 1 N–H and O–H groups in total. The third-order valence-electron chi connectivity index (χ3n) is 2.54. The zero-order chi connectivity index (χ0) is 11.4. The molecule has 0 bridgehead atoms. The first-order valence-electron chi connectivity index (χ1n) is 5.20. The third-order valence-corrected chi connectivity index (χ3v) is 2.54. The molecule has 0 fully saturated rings. The lowest BCUT2D eigenvalue weighted by Gasteiger charge is -2.08. The summed E-state index contributed by atoms with van der Waals surface area (Å²) in [6.07, 6.45) is 3.60. The fourth-order valence-corrected chi connectivity index (χ4v) is 1.80. The summed E-state index contributed by atoms with van der Waals surface area (Å²) in [7, 11) is 1.65. The van der Waals surface area contributed by atoms with Crippen molar-refractivity contribution in [3.8, 4) is 5.75 Å². The molecule has 2 aromatic rings. The van der Waals surface area contributed by atoms with E-state index in [0.29, 0.717) is 0 Å². The Kier molecular flexibility index (Phi) is 3.22. The molecule has 2 rings (SSSR count). The Morgan fingerprint density at radius 1 is 1.19 bits per heavy atom. The van der Waals surface area contributed by atoms with Crippen LogP contribution in [-0.4, -0.2) is 18.8 Å². The second kappa shape index (κ2) is 4.81. The van der Waals surface area contributed by atoms with Crippen molar-refractivity contribution in [2.75, 3.05) is 13.7 Å². The number of hydrogen-bond acceptors (Lipinski definition) is 2. The molecule has 0 spiro atoms. The van der Waals surface area contributed by atoms with E-state index < -0.39 is 0 Å². The van der Waals surface area contributed by atoms with Gasteiger partial charge in [0.05, 0.1) is 13.7 Å². The van der Waals surface area contributed by atoms with E-state index in [0.717, 1.165) is 16.7 Å². The average Bonchev–Trinajstić information content (AvgIpc) is 2.35. The summed E-state index contributed by atoms with van der Waals surface area (Å²) in [5.41, 5.74) is 1.01. The molecule has 0 aliphatic carbocycles.